The first-order valence-electron chi connectivity index (χ1n) is 5.08. The van der Waals surface area contributed by atoms with Gasteiger partial charge >= 0.3 is 5.97 Å². The minimum Gasteiger partial charge on any atom is -0.481 e. The molecule has 4 heteroatoms. The Labute approximate surface area is 89.0 Å². The van der Waals surface area contributed by atoms with Crippen LogP contribution in [0, 0.1) is 18.3 Å². The molecule has 0 bridgehead atoms. The summed E-state index contributed by atoms with van der Waals surface area (Å²) in [6, 6.07) is -0.215. The van der Waals surface area contributed by atoms with E-state index in [1.807, 2.05) is 0 Å². The highest BCUT2D eigenvalue weighted by Gasteiger charge is 2.33. The van der Waals surface area contributed by atoms with Crippen LogP contribution in [0.4, 0.5) is 0 Å². The van der Waals surface area contributed by atoms with Crippen molar-refractivity contribution < 1.29 is 14.7 Å². The van der Waals surface area contributed by atoms with Crippen LogP contribution in [0.1, 0.15) is 32.1 Å². The third kappa shape index (κ3) is 4.50. The predicted molar refractivity (Wildman–Crippen MR) is 55.0 cm³/mol. The van der Waals surface area contributed by atoms with E-state index in [4.69, 9.17) is 11.5 Å². The summed E-state index contributed by atoms with van der Waals surface area (Å²) in [5, 5.41) is 11.4. The molecule has 1 aliphatic rings. The van der Waals surface area contributed by atoms with E-state index in [0.717, 1.165) is 12.8 Å². The van der Waals surface area contributed by atoms with Crippen LogP contribution in [0.25, 0.3) is 0 Å². The van der Waals surface area contributed by atoms with Crippen molar-refractivity contribution in [2.75, 3.05) is 0 Å². The Hall–Kier alpha value is -1.50. The largest absolute Gasteiger partial charge is 0.481 e. The van der Waals surface area contributed by atoms with Gasteiger partial charge in [-0.3, -0.25) is 9.59 Å². The maximum Gasteiger partial charge on any atom is 0.305 e. The Kier molecular flexibility index (Phi) is 4.17. The van der Waals surface area contributed by atoms with E-state index in [1.54, 1.807) is 0 Å². The van der Waals surface area contributed by atoms with Gasteiger partial charge in [0, 0.05) is 18.9 Å². The lowest BCUT2D eigenvalue weighted by molar-refractivity contribution is -0.137. The van der Waals surface area contributed by atoms with Crippen LogP contribution in [-0.4, -0.2) is 23.0 Å². The van der Waals surface area contributed by atoms with E-state index in [2.05, 4.69) is 11.2 Å². The lowest BCUT2D eigenvalue weighted by Crippen LogP contribution is -2.37. The molecule has 0 spiro atoms. The molecular formula is C11H15NO3. The maximum atomic E-state index is 11.3. The molecule has 1 amide bonds. The standard InChI is InChI=1S/C11H15NO3/c1-2-3-4-10(13)12-9(7-11(14)15)8-5-6-8/h1,8-9H,3-7H2,(H,12,13)(H,14,15). The fourth-order valence-electron chi connectivity index (χ4n) is 1.49. The first kappa shape index (κ1) is 11.6. The summed E-state index contributed by atoms with van der Waals surface area (Å²) in [6.07, 6.45) is 7.73. The quantitative estimate of drug-likeness (QED) is 0.635. The lowest BCUT2D eigenvalue weighted by atomic mass is 10.1. The van der Waals surface area contributed by atoms with E-state index in [9.17, 15) is 9.59 Å². The molecule has 0 aromatic heterocycles. The summed E-state index contributed by atoms with van der Waals surface area (Å²) >= 11 is 0. The normalized spacial score (nSPS) is 16.5. The van der Waals surface area contributed by atoms with Crippen molar-refractivity contribution in [3.63, 3.8) is 0 Å². The van der Waals surface area contributed by atoms with Gasteiger partial charge in [0.15, 0.2) is 0 Å². The zero-order chi connectivity index (χ0) is 11.3. The van der Waals surface area contributed by atoms with Crippen molar-refractivity contribution in [1.82, 2.24) is 5.32 Å². The van der Waals surface area contributed by atoms with Crippen molar-refractivity contribution in [1.29, 1.82) is 0 Å². The van der Waals surface area contributed by atoms with Gasteiger partial charge in [0.2, 0.25) is 5.91 Å². The minimum atomic E-state index is -0.871. The van der Waals surface area contributed by atoms with Crippen molar-refractivity contribution in [2.24, 2.45) is 5.92 Å². The average molecular weight is 209 g/mol. The van der Waals surface area contributed by atoms with E-state index < -0.39 is 5.97 Å². The van der Waals surface area contributed by atoms with Gasteiger partial charge in [-0.05, 0) is 18.8 Å². The topological polar surface area (TPSA) is 66.4 Å². The number of hydrogen-bond donors (Lipinski definition) is 2. The number of terminal acetylenes is 1. The second kappa shape index (κ2) is 5.40. The van der Waals surface area contributed by atoms with Crippen LogP contribution in [0.15, 0.2) is 0 Å². The number of nitrogens with one attached hydrogen (secondary N) is 1. The Morgan fingerprint density at radius 1 is 1.53 bits per heavy atom. The van der Waals surface area contributed by atoms with Crippen molar-refractivity contribution >= 4 is 11.9 Å². The third-order valence-electron chi connectivity index (χ3n) is 2.43. The molecule has 1 unspecified atom stereocenters. The number of carbonyl (C=O) groups excluding carboxylic acids is 1. The molecule has 0 saturated heterocycles. The highest BCUT2D eigenvalue weighted by atomic mass is 16.4. The molecule has 0 aromatic carbocycles. The lowest BCUT2D eigenvalue weighted by Gasteiger charge is -2.15. The first-order valence-corrected chi connectivity index (χ1v) is 5.08. The Morgan fingerprint density at radius 3 is 2.67 bits per heavy atom. The van der Waals surface area contributed by atoms with Gasteiger partial charge in [0.1, 0.15) is 0 Å². The molecule has 0 radical (unpaired) electrons. The smallest absolute Gasteiger partial charge is 0.305 e. The summed E-state index contributed by atoms with van der Waals surface area (Å²) in [7, 11) is 0. The van der Waals surface area contributed by atoms with Gasteiger partial charge in [0.05, 0.1) is 6.42 Å². The Balaban J connectivity index is 2.34. The summed E-state index contributed by atoms with van der Waals surface area (Å²) < 4.78 is 0. The minimum absolute atomic E-state index is 0.00641. The van der Waals surface area contributed by atoms with Crippen LogP contribution in [-0.2, 0) is 9.59 Å². The number of aliphatic carboxylic acids is 1. The molecule has 0 heterocycles. The van der Waals surface area contributed by atoms with E-state index in [-0.39, 0.29) is 24.8 Å². The summed E-state index contributed by atoms with van der Waals surface area (Å²) in [5.74, 6) is 1.71. The van der Waals surface area contributed by atoms with Crippen LogP contribution in [0.3, 0.4) is 0 Å². The summed E-state index contributed by atoms with van der Waals surface area (Å²) in [4.78, 5) is 21.9. The van der Waals surface area contributed by atoms with Crippen LogP contribution in [0.2, 0.25) is 0 Å². The first-order chi connectivity index (χ1) is 7.13. The second-order valence-corrected chi connectivity index (χ2v) is 3.81. The molecule has 1 atom stereocenters. The molecule has 82 valence electrons. The van der Waals surface area contributed by atoms with Gasteiger partial charge in [-0.1, -0.05) is 0 Å². The van der Waals surface area contributed by atoms with Gasteiger partial charge in [-0.25, -0.2) is 0 Å². The van der Waals surface area contributed by atoms with Crippen molar-refractivity contribution in [2.45, 2.75) is 38.1 Å². The van der Waals surface area contributed by atoms with E-state index >= 15 is 0 Å². The predicted octanol–water partition coefficient (Wildman–Crippen LogP) is 0.769. The molecule has 2 N–H and O–H groups in total. The highest BCUT2D eigenvalue weighted by molar-refractivity contribution is 5.77. The summed E-state index contributed by atoms with van der Waals surface area (Å²) in [6.45, 7) is 0. The maximum absolute atomic E-state index is 11.3. The van der Waals surface area contributed by atoms with Crippen molar-refractivity contribution in [3.8, 4) is 12.3 Å². The third-order valence-corrected chi connectivity index (χ3v) is 2.43. The van der Waals surface area contributed by atoms with Gasteiger partial charge < -0.3 is 10.4 Å². The molecular weight excluding hydrogens is 194 g/mol. The molecule has 15 heavy (non-hydrogen) atoms. The van der Waals surface area contributed by atoms with Crippen LogP contribution >= 0.6 is 0 Å². The number of carbonyl (C=O) groups is 2. The van der Waals surface area contributed by atoms with Gasteiger partial charge in [-0.15, -0.1) is 12.3 Å². The SMILES string of the molecule is C#CCCC(=O)NC(CC(=O)O)C1CC1. The van der Waals surface area contributed by atoms with E-state index in [1.165, 1.54) is 0 Å². The molecule has 1 aliphatic carbocycles. The molecule has 1 rings (SSSR count). The number of amides is 1. The number of rotatable bonds is 6. The number of carboxylic acids is 1. The summed E-state index contributed by atoms with van der Waals surface area (Å²) in [5.41, 5.74) is 0. The monoisotopic (exact) mass is 209 g/mol. The van der Waals surface area contributed by atoms with Crippen LogP contribution in [0.5, 0.6) is 0 Å². The van der Waals surface area contributed by atoms with Gasteiger partial charge in [0.25, 0.3) is 0 Å². The zero-order valence-electron chi connectivity index (χ0n) is 8.53. The fraction of sp³-hybridized carbons (Fsp3) is 0.636. The molecule has 0 aromatic rings. The van der Waals surface area contributed by atoms with Gasteiger partial charge in [-0.2, -0.15) is 0 Å². The van der Waals surface area contributed by atoms with E-state index in [0.29, 0.717) is 12.3 Å². The fourth-order valence-corrected chi connectivity index (χ4v) is 1.49. The molecule has 4 nitrogen and oxygen atoms in total. The highest BCUT2D eigenvalue weighted by Crippen LogP contribution is 2.34. The zero-order valence-corrected chi connectivity index (χ0v) is 8.53. The Morgan fingerprint density at radius 2 is 2.20 bits per heavy atom. The average Bonchev–Trinajstić information content (AvgIpc) is 2.96. The molecule has 1 saturated carbocycles. The molecule has 0 aliphatic heterocycles. The Bertz CT molecular complexity index is 289. The second-order valence-electron chi connectivity index (χ2n) is 3.81. The van der Waals surface area contributed by atoms with Crippen molar-refractivity contribution in [3.05, 3.63) is 0 Å². The van der Waals surface area contributed by atoms with Crippen LogP contribution < -0.4 is 5.32 Å². The molecule has 1 fully saturated rings. The number of hydrogen-bond acceptors (Lipinski definition) is 2. The number of carboxylic acid groups (broad SMARTS) is 1.